The molecule has 0 aromatic carbocycles. The minimum Gasteiger partial charge on any atom is -0.370 e. The van der Waals surface area contributed by atoms with Gasteiger partial charge < -0.3 is 9.64 Å². The standard InChI is InChI=1S/C23H30N2OS/c1-2-4-18(5-3-1)17-25-13-9-23(10-14-25)20-16-22(19-6-11-24-12-7-19)27-21(20)8-15-26-23/h6-7,11-12,16,18H,1-5,8-10,13-15,17H2. The molecule has 1 saturated heterocycles. The van der Waals surface area contributed by atoms with Crippen molar-refractivity contribution in [1.29, 1.82) is 0 Å². The van der Waals surface area contributed by atoms with E-state index in [0.717, 1.165) is 31.8 Å². The summed E-state index contributed by atoms with van der Waals surface area (Å²) in [5, 5.41) is 0. The van der Waals surface area contributed by atoms with Gasteiger partial charge in [0, 0.05) is 48.2 Å². The molecule has 144 valence electrons. The van der Waals surface area contributed by atoms with Gasteiger partial charge in [-0.1, -0.05) is 19.3 Å². The molecule has 1 aliphatic carbocycles. The van der Waals surface area contributed by atoms with E-state index < -0.39 is 0 Å². The highest BCUT2D eigenvalue weighted by atomic mass is 32.1. The van der Waals surface area contributed by atoms with Gasteiger partial charge in [0.15, 0.2) is 0 Å². The van der Waals surface area contributed by atoms with Crippen LogP contribution in [0.3, 0.4) is 0 Å². The molecule has 0 radical (unpaired) electrons. The van der Waals surface area contributed by atoms with Crippen molar-refractivity contribution in [2.24, 2.45) is 5.92 Å². The van der Waals surface area contributed by atoms with Crippen LogP contribution in [0.15, 0.2) is 30.6 Å². The van der Waals surface area contributed by atoms with Gasteiger partial charge in [-0.2, -0.15) is 0 Å². The zero-order valence-electron chi connectivity index (χ0n) is 16.2. The van der Waals surface area contributed by atoms with Crippen molar-refractivity contribution >= 4 is 11.3 Å². The van der Waals surface area contributed by atoms with E-state index in [0.29, 0.717) is 0 Å². The Bertz CT molecular complexity index is 758. The Balaban J connectivity index is 1.31. The predicted molar refractivity (Wildman–Crippen MR) is 111 cm³/mol. The van der Waals surface area contributed by atoms with Gasteiger partial charge in [0.05, 0.1) is 12.2 Å². The summed E-state index contributed by atoms with van der Waals surface area (Å²) in [7, 11) is 0. The predicted octanol–water partition coefficient (Wildman–Crippen LogP) is 5.25. The minimum absolute atomic E-state index is 0.0293. The van der Waals surface area contributed by atoms with E-state index in [4.69, 9.17) is 4.74 Å². The largest absolute Gasteiger partial charge is 0.370 e. The Hall–Kier alpha value is -1.23. The van der Waals surface area contributed by atoms with Crippen molar-refractivity contribution in [3.05, 3.63) is 41.0 Å². The smallest absolute Gasteiger partial charge is 0.0966 e. The second-order valence-corrected chi connectivity index (χ2v) is 9.72. The van der Waals surface area contributed by atoms with Crippen LogP contribution in [0.4, 0.5) is 0 Å². The van der Waals surface area contributed by atoms with E-state index in [2.05, 4.69) is 28.1 Å². The SMILES string of the molecule is c1cc(-c2cc3c(s2)CCOC32CCN(CC3CCCCC3)CC2)ccn1. The third kappa shape index (κ3) is 3.59. The van der Waals surface area contributed by atoms with Crippen LogP contribution < -0.4 is 0 Å². The number of thiophene rings is 1. The van der Waals surface area contributed by atoms with E-state index in [1.807, 2.05) is 23.7 Å². The molecule has 1 spiro atoms. The maximum absolute atomic E-state index is 6.49. The Morgan fingerprint density at radius 2 is 1.89 bits per heavy atom. The summed E-state index contributed by atoms with van der Waals surface area (Å²) >= 11 is 1.96. The number of hydrogen-bond acceptors (Lipinski definition) is 4. The molecular formula is C23H30N2OS. The second kappa shape index (κ2) is 7.65. The van der Waals surface area contributed by atoms with Crippen LogP contribution >= 0.6 is 11.3 Å². The zero-order valence-corrected chi connectivity index (χ0v) is 17.0. The first-order valence-electron chi connectivity index (χ1n) is 10.7. The third-order valence-corrected chi connectivity index (χ3v) is 8.12. The van der Waals surface area contributed by atoms with Crippen LogP contribution in [0.25, 0.3) is 10.4 Å². The number of likely N-dealkylation sites (tertiary alicyclic amines) is 1. The normalized spacial score (nSPS) is 23.4. The van der Waals surface area contributed by atoms with Gasteiger partial charge in [0.25, 0.3) is 0 Å². The monoisotopic (exact) mass is 382 g/mol. The minimum atomic E-state index is -0.0293. The Kier molecular flexibility index (Phi) is 5.06. The Morgan fingerprint density at radius 1 is 1.11 bits per heavy atom. The van der Waals surface area contributed by atoms with Gasteiger partial charge in [-0.25, -0.2) is 0 Å². The van der Waals surface area contributed by atoms with Crippen molar-refractivity contribution in [2.75, 3.05) is 26.2 Å². The molecule has 3 nitrogen and oxygen atoms in total. The lowest BCUT2D eigenvalue weighted by atomic mass is 9.81. The van der Waals surface area contributed by atoms with E-state index in [1.165, 1.54) is 67.7 Å². The number of piperidine rings is 1. The summed E-state index contributed by atoms with van der Waals surface area (Å²) in [6.45, 7) is 4.58. The summed E-state index contributed by atoms with van der Waals surface area (Å²) in [5.41, 5.74) is 2.75. The van der Waals surface area contributed by atoms with Crippen molar-refractivity contribution in [3.8, 4) is 10.4 Å². The van der Waals surface area contributed by atoms with E-state index in [1.54, 1.807) is 4.88 Å². The summed E-state index contributed by atoms with van der Waals surface area (Å²) in [5.74, 6) is 0.940. The van der Waals surface area contributed by atoms with E-state index >= 15 is 0 Å². The molecule has 1 saturated carbocycles. The number of rotatable bonds is 3. The molecule has 3 aliphatic rings. The molecule has 0 bridgehead atoms. The zero-order chi connectivity index (χ0) is 18.1. The summed E-state index contributed by atoms with van der Waals surface area (Å²) in [6.07, 6.45) is 14.4. The Labute approximate surface area is 166 Å². The van der Waals surface area contributed by atoms with Gasteiger partial charge in [0.1, 0.15) is 0 Å². The maximum Gasteiger partial charge on any atom is 0.0966 e. The molecule has 27 heavy (non-hydrogen) atoms. The van der Waals surface area contributed by atoms with Gasteiger partial charge in [0.2, 0.25) is 0 Å². The molecule has 2 aromatic rings. The highest BCUT2D eigenvalue weighted by Crippen LogP contribution is 2.46. The number of ether oxygens (including phenoxy) is 1. The van der Waals surface area contributed by atoms with Crippen molar-refractivity contribution in [3.63, 3.8) is 0 Å². The lowest BCUT2D eigenvalue weighted by Gasteiger charge is -2.45. The van der Waals surface area contributed by atoms with Crippen LogP contribution in [-0.4, -0.2) is 36.1 Å². The summed E-state index contributed by atoms with van der Waals surface area (Å²) < 4.78 is 6.49. The highest BCUT2D eigenvalue weighted by molar-refractivity contribution is 7.15. The van der Waals surface area contributed by atoms with Crippen LogP contribution in [0.5, 0.6) is 0 Å². The number of fused-ring (bicyclic) bond motifs is 2. The van der Waals surface area contributed by atoms with Gasteiger partial charge >= 0.3 is 0 Å². The van der Waals surface area contributed by atoms with Crippen molar-refractivity contribution in [1.82, 2.24) is 9.88 Å². The number of hydrogen-bond donors (Lipinski definition) is 0. The highest BCUT2D eigenvalue weighted by Gasteiger charge is 2.42. The molecule has 4 heterocycles. The molecule has 0 N–H and O–H groups in total. The van der Waals surface area contributed by atoms with Gasteiger partial charge in [-0.15, -0.1) is 11.3 Å². The fourth-order valence-corrected chi connectivity index (χ4v) is 6.56. The van der Waals surface area contributed by atoms with Gasteiger partial charge in [-0.3, -0.25) is 4.98 Å². The lowest BCUT2D eigenvalue weighted by Crippen LogP contribution is -2.47. The number of pyridine rings is 1. The first-order valence-corrected chi connectivity index (χ1v) is 11.5. The molecule has 5 rings (SSSR count). The molecule has 2 fully saturated rings. The molecule has 0 atom stereocenters. The van der Waals surface area contributed by atoms with Crippen molar-refractivity contribution in [2.45, 2.75) is 57.0 Å². The molecule has 0 unspecified atom stereocenters. The first kappa shape index (κ1) is 17.8. The molecule has 2 aliphatic heterocycles. The van der Waals surface area contributed by atoms with Crippen molar-refractivity contribution < 1.29 is 4.74 Å². The van der Waals surface area contributed by atoms with Gasteiger partial charge in [-0.05, 0) is 60.9 Å². The average molecular weight is 383 g/mol. The molecular weight excluding hydrogens is 352 g/mol. The fourth-order valence-electron chi connectivity index (χ4n) is 5.32. The second-order valence-electron chi connectivity index (χ2n) is 8.58. The third-order valence-electron chi connectivity index (χ3n) is 6.88. The molecule has 2 aromatic heterocycles. The maximum atomic E-state index is 6.49. The topological polar surface area (TPSA) is 25.4 Å². The quantitative estimate of drug-likeness (QED) is 0.724. The fraction of sp³-hybridized carbons (Fsp3) is 0.609. The van der Waals surface area contributed by atoms with E-state index in [9.17, 15) is 0 Å². The molecule has 0 amide bonds. The lowest BCUT2D eigenvalue weighted by molar-refractivity contribution is -0.0986. The van der Waals surface area contributed by atoms with Crippen LogP contribution in [-0.2, 0) is 16.8 Å². The summed E-state index contributed by atoms with van der Waals surface area (Å²) in [6, 6.07) is 6.67. The van der Waals surface area contributed by atoms with Crippen LogP contribution in [0, 0.1) is 5.92 Å². The summed E-state index contributed by atoms with van der Waals surface area (Å²) in [4.78, 5) is 9.81. The molecule has 4 heteroatoms. The van der Waals surface area contributed by atoms with E-state index in [-0.39, 0.29) is 5.60 Å². The first-order chi connectivity index (χ1) is 13.3. The van der Waals surface area contributed by atoms with Crippen LogP contribution in [0.2, 0.25) is 0 Å². The number of nitrogens with zero attached hydrogens (tertiary/aromatic N) is 2. The average Bonchev–Trinajstić information content (AvgIpc) is 3.18. The Morgan fingerprint density at radius 3 is 2.67 bits per heavy atom. The number of aromatic nitrogens is 1. The van der Waals surface area contributed by atoms with Crippen LogP contribution in [0.1, 0.15) is 55.4 Å².